The fourth-order valence-corrected chi connectivity index (χ4v) is 3.48. The molecule has 1 aliphatic rings. The number of H-pyrrole nitrogens is 1. The van der Waals surface area contributed by atoms with Gasteiger partial charge in [-0.25, -0.2) is 0 Å². The highest BCUT2D eigenvalue weighted by atomic mass is 35.5. The maximum Gasteiger partial charge on any atom is 0.249 e. The molecule has 5 nitrogen and oxygen atoms in total. The van der Waals surface area contributed by atoms with Crippen molar-refractivity contribution in [3.05, 3.63) is 81.6 Å². The number of rotatable bonds is 3. The number of fused-ring (bicyclic) bond motifs is 1. The van der Waals surface area contributed by atoms with E-state index < -0.39 is 6.04 Å². The lowest BCUT2D eigenvalue weighted by Gasteiger charge is -2.13. The van der Waals surface area contributed by atoms with Gasteiger partial charge in [-0.15, -0.1) is 0 Å². The number of amides is 1. The Labute approximate surface area is 162 Å². The van der Waals surface area contributed by atoms with Gasteiger partial charge in [-0.3, -0.25) is 14.9 Å². The standard InChI is InChI=1S/C21H19ClN4O/c1-12-5-3-4-6-14(12)9-19-21(27)25-18-8-7-15(22)10-16(18)20(24-19)17-11-23-26-13(17)2/h3-8,10-11,19H,9H2,1-2H3,(H,23,26)(H,25,27). The molecule has 6 heteroatoms. The second-order valence-electron chi connectivity index (χ2n) is 6.71. The molecule has 0 bridgehead atoms. The molecule has 1 amide bonds. The van der Waals surface area contributed by atoms with E-state index in [2.05, 4.69) is 15.5 Å². The van der Waals surface area contributed by atoms with Crippen LogP contribution in [0.5, 0.6) is 0 Å². The number of nitrogens with zero attached hydrogens (tertiary/aromatic N) is 2. The summed E-state index contributed by atoms with van der Waals surface area (Å²) in [5.74, 6) is -0.127. The zero-order chi connectivity index (χ0) is 19.0. The Morgan fingerprint density at radius 1 is 1.11 bits per heavy atom. The number of hydrogen-bond acceptors (Lipinski definition) is 3. The first-order valence-corrected chi connectivity index (χ1v) is 9.14. The van der Waals surface area contributed by atoms with Gasteiger partial charge in [0.15, 0.2) is 0 Å². The van der Waals surface area contributed by atoms with Crippen LogP contribution in [0.4, 0.5) is 5.69 Å². The lowest BCUT2D eigenvalue weighted by Crippen LogP contribution is -2.27. The molecular weight excluding hydrogens is 360 g/mol. The van der Waals surface area contributed by atoms with Crippen LogP contribution in [0.3, 0.4) is 0 Å². The number of carbonyl (C=O) groups excluding carboxylic acids is 1. The first kappa shape index (κ1) is 17.5. The van der Waals surface area contributed by atoms with Crippen molar-refractivity contribution >= 4 is 28.9 Å². The van der Waals surface area contributed by atoms with Crippen LogP contribution in [-0.4, -0.2) is 27.9 Å². The highest BCUT2D eigenvalue weighted by molar-refractivity contribution is 6.32. The van der Waals surface area contributed by atoms with Crippen molar-refractivity contribution in [1.82, 2.24) is 10.2 Å². The summed E-state index contributed by atoms with van der Waals surface area (Å²) in [6.07, 6.45) is 2.26. The lowest BCUT2D eigenvalue weighted by molar-refractivity contribution is -0.117. The minimum atomic E-state index is -0.540. The van der Waals surface area contributed by atoms with Gasteiger partial charge in [0, 0.05) is 28.3 Å². The van der Waals surface area contributed by atoms with E-state index in [9.17, 15) is 4.79 Å². The SMILES string of the molecule is Cc1ccccc1CC1N=C(c2cn[nH]c2C)c2cc(Cl)ccc2NC1=O. The maximum absolute atomic E-state index is 12.9. The minimum Gasteiger partial charge on any atom is -0.324 e. The number of aromatic nitrogens is 2. The third-order valence-corrected chi connectivity index (χ3v) is 5.08. The van der Waals surface area contributed by atoms with E-state index >= 15 is 0 Å². The van der Waals surface area contributed by atoms with Crippen LogP contribution in [0.15, 0.2) is 53.7 Å². The average molecular weight is 379 g/mol. The molecular formula is C21H19ClN4O. The van der Waals surface area contributed by atoms with Gasteiger partial charge in [0.05, 0.1) is 17.6 Å². The molecule has 1 unspecified atom stereocenters. The topological polar surface area (TPSA) is 70.1 Å². The Balaban J connectivity index is 1.85. The number of aryl methyl sites for hydroxylation is 2. The van der Waals surface area contributed by atoms with Crippen LogP contribution in [0.2, 0.25) is 5.02 Å². The number of carbonyl (C=O) groups is 1. The molecule has 0 radical (unpaired) electrons. The zero-order valence-corrected chi connectivity index (χ0v) is 15.8. The van der Waals surface area contributed by atoms with Crippen molar-refractivity contribution in [3.63, 3.8) is 0 Å². The van der Waals surface area contributed by atoms with E-state index in [0.717, 1.165) is 33.7 Å². The molecule has 136 valence electrons. The maximum atomic E-state index is 12.9. The van der Waals surface area contributed by atoms with Crippen LogP contribution >= 0.6 is 11.6 Å². The number of halogens is 1. The molecule has 27 heavy (non-hydrogen) atoms. The van der Waals surface area contributed by atoms with Gasteiger partial charge in [0.25, 0.3) is 0 Å². The molecule has 1 aliphatic heterocycles. The quantitative estimate of drug-likeness (QED) is 0.720. The van der Waals surface area contributed by atoms with Crippen LogP contribution in [0.25, 0.3) is 0 Å². The Morgan fingerprint density at radius 2 is 1.93 bits per heavy atom. The molecule has 2 heterocycles. The zero-order valence-electron chi connectivity index (χ0n) is 15.1. The van der Waals surface area contributed by atoms with E-state index in [1.807, 2.05) is 50.2 Å². The Hall–Kier alpha value is -2.92. The predicted octanol–water partition coefficient (Wildman–Crippen LogP) is 4.08. The first-order valence-electron chi connectivity index (χ1n) is 8.76. The van der Waals surface area contributed by atoms with Gasteiger partial charge >= 0.3 is 0 Å². The van der Waals surface area contributed by atoms with Crippen LogP contribution in [0, 0.1) is 13.8 Å². The summed E-state index contributed by atoms with van der Waals surface area (Å²) in [5, 5.41) is 10.7. The van der Waals surface area contributed by atoms with Gasteiger partial charge in [-0.1, -0.05) is 35.9 Å². The Kier molecular flexibility index (Phi) is 4.54. The number of aromatic amines is 1. The molecule has 1 aromatic heterocycles. The predicted molar refractivity (Wildman–Crippen MR) is 108 cm³/mol. The summed E-state index contributed by atoms with van der Waals surface area (Å²) >= 11 is 6.23. The van der Waals surface area contributed by atoms with E-state index in [4.69, 9.17) is 16.6 Å². The largest absolute Gasteiger partial charge is 0.324 e. The normalized spacial score (nSPS) is 16.3. The molecule has 0 fully saturated rings. The molecule has 0 spiro atoms. The third kappa shape index (κ3) is 3.38. The molecule has 4 rings (SSSR count). The van der Waals surface area contributed by atoms with Crippen LogP contribution < -0.4 is 5.32 Å². The molecule has 0 saturated carbocycles. The molecule has 0 saturated heterocycles. The number of benzene rings is 2. The summed E-state index contributed by atoms with van der Waals surface area (Å²) in [6, 6.07) is 12.9. The fraction of sp³-hybridized carbons (Fsp3) is 0.190. The molecule has 1 atom stereocenters. The highest BCUT2D eigenvalue weighted by Crippen LogP contribution is 2.28. The number of anilines is 1. The number of hydrogen-bond donors (Lipinski definition) is 2. The summed E-state index contributed by atoms with van der Waals surface area (Å²) in [6.45, 7) is 3.98. The summed E-state index contributed by atoms with van der Waals surface area (Å²) in [4.78, 5) is 17.8. The summed E-state index contributed by atoms with van der Waals surface area (Å²) in [5.41, 5.74) is 6.23. The lowest BCUT2D eigenvalue weighted by atomic mass is 10.00. The van der Waals surface area contributed by atoms with E-state index in [1.165, 1.54) is 0 Å². The van der Waals surface area contributed by atoms with Crippen molar-refractivity contribution in [3.8, 4) is 0 Å². The number of aliphatic imine (C=N–C) groups is 1. The van der Waals surface area contributed by atoms with Crippen molar-refractivity contribution in [1.29, 1.82) is 0 Å². The average Bonchev–Trinajstić information content (AvgIpc) is 3.02. The molecule has 0 aliphatic carbocycles. The van der Waals surface area contributed by atoms with Gasteiger partial charge in [-0.2, -0.15) is 5.10 Å². The van der Waals surface area contributed by atoms with E-state index in [0.29, 0.717) is 17.1 Å². The van der Waals surface area contributed by atoms with Gasteiger partial charge in [-0.05, 0) is 43.2 Å². The monoisotopic (exact) mass is 378 g/mol. The Morgan fingerprint density at radius 3 is 2.67 bits per heavy atom. The first-order chi connectivity index (χ1) is 13.0. The van der Waals surface area contributed by atoms with Crippen molar-refractivity contribution < 1.29 is 4.79 Å². The summed E-state index contributed by atoms with van der Waals surface area (Å²) in [7, 11) is 0. The minimum absolute atomic E-state index is 0.127. The molecule has 2 aromatic carbocycles. The van der Waals surface area contributed by atoms with Gasteiger partial charge < -0.3 is 5.32 Å². The van der Waals surface area contributed by atoms with Crippen molar-refractivity contribution in [2.24, 2.45) is 4.99 Å². The Bertz CT molecular complexity index is 1050. The van der Waals surface area contributed by atoms with Crippen molar-refractivity contribution in [2.45, 2.75) is 26.3 Å². The third-order valence-electron chi connectivity index (χ3n) is 4.84. The van der Waals surface area contributed by atoms with Gasteiger partial charge in [0.1, 0.15) is 6.04 Å². The second kappa shape index (κ2) is 7.00. The van der Waals surface area contributed by atoms with E-state index in [-0.39, 0.29) is 5.91 Å². The smallest absolute Gasteiger partial charge is 0.249 e. The van der Waals surface area contributed by atoms with Crippen molar-refractivity contribution in [2.75, 3.05) is 5.32 Å². The van der Waals surface area contributed by atoms with Crippen LogP contribution in [-0.2, 0) is 11.2 Å². The molecule has 2 N–H and O–H groups in total. The number of benzodiazepines with no additional fused rings is 1. The second-order valence-corrected chi connectivity index (χ2v) is 7.15. The van der Waals surface area contributed by atoms with E-state index in [1.54, 1.807) is 12.3 Å². The summed E-state index contributed by atoms with van der Waals surface area (Å²) < 4.78 is 0. The molecule has 3 aromatic rings. The van der Waals surface area contributed by atoms with Gasteiger partial charge in [0.2, 0.25) is 5.91 Å². The van der Waals surface area contributed by atoms with Crippen LogP contribution in [0.1, 0.15) is 27.9 Å². The fourth-order valence-electron chi connectivity index (χ4n) is 3.31. The highest BCUT2D eigenvalue weighted by Gasteiger charge is 2.27. The number of nitrogens with one attached hydrogen (secondary N) is 2.